The SMILES string of the molecule is CCOC1CC(Nc2ccc(=O)n(CC)c2)C1. The zero-order valence-electron chi connectivity index (χ0n) is 10.5. The summed E-state index contributed by atoms with van der Waals surface area (Å²) in [6.45, 7) is 5.50. The van der Waals surface area contributed by atoms with Crippen molar-refractivity contribution in [2.24, 2.45) is 0 Å². The van der Waals surface area contributed by atoms with Crippen LogP contribution in [0.2, 0.25) is 0 Å². The van der Waals surface area contributed by atoms with E-state index in [0.717, 1.165) is 25.1 Å². The molecule has 0 aromatic carbocycles. The normalized spacial score (nSPS) is 23.2. The van der Waals surface area contributed by atoms with E-state index in [1.54, 1.807) is 10.6 Å². The van der Waals surface area contributed by atoms with E-state index in [1.165, 1.54) is 0 Å². The first-order valence-corrected chi connectivity index (χ1v) is 6.31. The molecule has 4 heteroatoms. The quantitative estimate of drug-likeness (QED) is 0.848. The molecule has 1 N–H and O–H groups in total. The third-order valence-corrected chi connectivity index (χ3v) is 3.19. The van der Waals surface area contributed by atoms with Crippen molar-refractivity contribution >= 4 is 5.69 Å². The summed E-state index contributed by atoms with van der Waals surface area (Å²) in [5, 5.41) is 3.43. The van der Waals surface area contributed by atoms with Crippen molar-refractivity contribution in [2.75, 3.05) is 11.9 Å². The Balaban J connectivity index is 1.90. The smallest absolute Gasteiger partial charge is 0.250 e. The molecule has 1 aromatic rings. The second-order valence-electron chi connectivity index (χ2n) is 4.43. The number of hydrogen-bond acceptors (Lipinski definition) is 3. The third-order valence-electron chi connectivity index (χ3n) is 3.19. The van der Waals surface area contributed by atoms with Gasteiger partial charge in [0.25, 0.3) is 5.56 Å². The number of ether oxygens (including phenoxy) is 1. The van der Waals surface area contributed by atoms with Crippen LogP contribution < -0.4 is 10.9 Å². The van der Waals surface area contributed by atoms with Crippen LogP contribution in [-0.4, -0.2) is 23.3 Å². The molecule has 1 heterocycles. The largest absolute Gasteiger partial charge is 0.381 e. The number of rotatable bonds is 5. The van der Waals surface area contributed by atoms with E-state index >= 15 is 0 Å². The van der Waals surface area contributed by atoms with Gasteiger partial charge in [0, 0.05) is 31.5 Å². The molecule has 94 valence electrons. The van der Waals surface area contributed by atoms with Crippen LogP contribution in [0.25, 0.3) is 0 Å². The number of nitrogens with zero attached hydrogens (tertiary/aromatic N) is 1. The lowest BCUT2D eigenvalue weighted by atomic mass is 9.89. The molecule has 0 saturated heterocycles. The predicted octanol–water partition coefficient (Wildman–Crippen LogP) is 1.85. The summed E-state index contributed by atoms with van der Waals surface area (Å²) in [5.41, 5.74) is 1.07. The van der Waals surface area contributed by atoms with Gasteiger partial charge in [0.05, 0.1) is 11.8 Å². The van der Waals surface area contributed by atoms with Gasteiger partial charge in [-0.1, -0.05) is 0 Å². The van der Waals surface area contributed by atoms with E-state index in [-0.39, 0.29) is 5.56 Å². The summed E-state index contributed by atoms with van der Waals surface area (Å²) >= 11 is 0. The molecule has 0 aliphatic heterocycles. The Labute approximate surface area is 102 Å². The van der Waals surface area contributed by atoms with Crippen LogP contribution >= 0.6 is 0 Å². The fraction of sp³-hybridized carbons (Fsp3) is 0.615. The average molecular weight is 236 g/mol. The maximum Gasteiger partial charge on any atom is 0.250 e. The van der Waals surface area contributed by atoms with Gasteiger partial charge in [-0.15, -0.1) is 0 Å². The van der Waals surface area contributed by atoms with Crippen LogP contribution in [0, 0.1) is 0 Å². The van der Waals surface area contributed by atoms with E-state index in [2.05, 4.69) is 5.32 Å². The highest BCUT2D eigenvalue weighted by molar-refractivity contribution is 5.42. The minimum absolute atomic E-state index is 0.0545. The molecule has 1 aliphatic rings. The number of anilines is 1. The Hall–Kier alpha value is -1.29. The fourth-order valence-corrected chi connectivity index (χ4v) is 2.15. The first kappa shape index (κ1) is 12.2. The molecule has 0 unspecified atom stereocenters. The number of aromatic nitrogens is 1. The van der Waals surface area contributed by atoms with Crippen molar-refractivity contribution in [3.8, 4) is 0 Å². The Bertz CT molecular complexity index is 422. The molecule has 1 saturated carbocycles. The molecular formula is C13H20N2O2. The Kier molecular flexibility index (Phi) is 3.84. The second kappa shape index (κ2) is 5.36. The second-order valence-corrected chi connectivity index (χ2v) is 4.43. The van der Waals surface area contributed by atoms with Crippen LogP contribution in [0.5, 0.6) is 0 Å². The van der Waals surface area contributed by atoms with Crippen LogP contribution in [0.3, 0.4) is 0 Å². The standard InChI is InChI=1S/C13H20N2O2/c1-3-15-9-10(5-6-13(15)16)14-11-7-12(8-11)17-4-2/h5-6,9,11-12,14H,3-4,7-8H2,1-2H3. The van der Waals surface area contributed by atoms with Crippen molar-refractivity contribution in [1.82, 2.24) is 4.57 Å². The summed E-state index contributed by atoms with van der Waals surface area (Å²) in [6.07, 6.45) is 4.41. The van der Waals surface area contributed by atoms with E-state index in [0.29, 0.717) is 18.7 Å². The predicted molar refractivity (Wildman–Crippen MR) is 68.4 cm³/mol. The van der Waals surface area contributed by atoms with E-state index in [1.807, 2.05) is 26.1 Å². The summed E-state index contributed by atoms with van der Waals surface area (Å²) < 4.78 is 7.22. The monoisotopic (exact) mass is 236 g/mol. The summed E-state index contributed by atoms with van der Waals surface area (Å²) in [4.78, 5) is 11.4. The fourth-order valence-electron chi connectivity index (χ4n) is 2.15. The van der Waals surface area contributed by atoms with E-state index in [9.17, 15) is 4.79 Å². The van der Waals surface area contributed by atoms with Crippen molar-refractivity contribution in [1.29, 1.82) is 0 Å². The molecule has 0 bridgehead atoms. The van der Waals surface area contributed by atoms with E-state index in [4.69, 9.17) is 4.74 Å². The number of aryl methyl sites for hydroxylation is 1. The van der Waals surface area contributed by atoms with Crippen molar-refractivity contribution in [3.05, 3.63) is 28.7 Å². The van der Waals surface area contributed by atoms with Gasteiger partial charge in [0.2, 0.25) is 0 Å². The molecule has 0 radical (unpaired) electrons. The van der Waals surface area contributed by atoms with Crippen LogP contribution in [-0.2, 0) is 11.3 Å². The van der Waals surface area contributed by atoms with Gasteiger partial charge in [0.1, 0.15) is 0 Å². The molecule has 1 fully saturated rings. The van der Waals surface area contributed by atoms with Gasteiger partial charge in [-0.3, -0.25) is 4.79 Å². The van der Waals surface area contributed by atoms with Gasteiger partial charge in [-0.05, 0) is 32.8 Å². The highest BCUT2D eigenvalue weighted by Crippen LogP contribution is 2.26. The topological polar surface area (TPSA) is 43.3 Å². The average Bonchev–Trinajstić information content (AvgIpc) is 2.28. The Morgan fingerprint density at radius 3 is 2.82 bits per heavy atom. The summed E-state index contributed by atoms with van der Waals surface area (Å²) in [6, 6.07) is 3.95. The maximum absolute atomic E-state index is 11.4. The highest BCUT2D eigenvalue weighted by Gasteiger charge is 2.29. The van der Waals surface area contributed by atoms with Gasteiger partial charge < -0.3 is 14.6 Å². The molecule has 2 rings (SSSR count). The molecule has 17 heavy (non-hydrogen) atoms. The van der Waals surface area contributed by atoms with Gasteiger partial charge in [-0.25, -0.2) is 0 Å². The minimum Gasteiger partial charge on any atom is -0.381 e. The summed E-state index contributed by atoms with van der Waals surface area (Å²) in [7, 11) is 0. The number of hydrogen-bond donors (Lipinski definition) is 1. The molecule has 0 spiro atoms. The van der Waals surface area contributed by atoms with Crippen LogP contribution in [0.4, 0.5) is 5.69 Å². The van der Waals surface area contributed by atoms with Crippen LogP contribution in [0.15, 0.2) is 23.1 Å². The lowest BCUT2D eigenvalue weighted by Gasteiger charge is -2.36. The lowest BCUT2D eigenvalue weighted by Crippen LogP contribution is -2.41. The molecule has 0 amide bonds. The van der Waals surface area contributed by atoms with Gasteiger partial charge in [0.15, 0.2) is 0 Å². The van der Waals surface area contributed by atoms with Crippen LogP contribution in [0.1, 0.15) is 26.7 Å². The molecule has 1 aliphatic carbocycles. The number of pyridine rings is 1. The summed E-state index contributed by atoms with van der Waals surface area (Å²) in [5.74, 6) is 0. The van der Waals surface area contributed by atoms with Crippen molar-refractivity contribution < 1.29 is 4.74 Å². The lowest BCUT2D eigenvalue weighted by molar-refractivity contribution is 0.00298. The number of nitrogens with one attached hydrogen (secondary N) is 1. The highest BCUT2D eigenvalue weighted by atomic mass is 16.5. The minimum atomic E-state index is 0.0545. The Morgan fingerprint density at radius 1 is 1.41 bits per heavy atom. The third kappa shape index (κ3) is 2.88. The zero-order chi connectivity index (χ0) is 12.3. The molecule has 4 nitrogen and oxygen atoms in total. The Morgan fingerprint density at radius 2 is 2.18 bits per heavy atom. The molecule has 1 aromatic heterocycles. The zero-order valence-corrected chi connectivity index (χ0v) is 10.5. The maximum atomic E-state index is 11.4. The first-order valence-electron chi connectivity index (χ1n) is 6.31. The van der Waals surface area contributed by atoms with Gasteiger partial charge in [-0.2, -0.15) is 0 Å². The molecule has 0 atom stereocenters. The van der Waals surface area contributed by atoms with Gasteiger partial charge >= 0.3 is 0 Å². The van der Waals surface area contributed by atoms with Crippen molar-refractivity contribution in [3.63, 3.8) is 0 Å². The van der Waals surface area contributed by atoms with E-state index < -0.39 is 0 Å². The first-order chi connectivity index (χ1) is 8.22. The van der Waals surface area contributed by atoms with Crippen molar-refractivity contribution in [2.45, 2.75) is 45.4 Å². The molecular weight excluding hydrogens is 216 g/mol.